The Labute approximate surface area is 159 Å². The fourth-order valence-corrected chi connectivity index (χ4v) is 2.92. The standard InChI is InChI=1S/C20H18N4O4/c1-12(2)11-24-16-7-5-13(10-15(16)21-19(25)20(24)26)18-22-17(28-23-18)8-6-14-4-3-9-27-14/h3-10,12H,11H2,1-2H3,(H,21,25)/b8-6+. The van der Waals surface area contributed by atoms with Crippen LogP contribution in [0.2, 0.25) is 0 Å². The highest BCUT2D eigenvalue weighted by Gasteiger charge is 2.12. The zero-order valence-corrected chi connectivity index (χ0v) is 15.4. The van der Waals surface area contributed by atoms with E-state index in [9.17, 15) is 9.59 Å². The van der Waals surface area contributed by atoms with Crippen molar-refractivity contribution in [1.29, 1.82) is 0 Å². The van der Waals surface area contributed by atoms with E-state index in [1.54, 1.807) is 42.7 Å². The largest absolute Gasteiger partial charge is 0.465 e. The van der Waals surface area contributed by atoms with Crippen LogP contribution in [0, 0.1) is 5.92 Å². The van der Waals surface area contributed by atoms with Crippen molar-refractivity contribution in [3.8, 4) is 11.4 Å². The Balaban J connectivity index is 1.71. The number of aromatic amines is 1. The Morgan fingerprint density at radius 3 is 2.82 bits per heavy atom. The molecule has 1 N–H and O–H groups in total. The van der Waals surface area contributed by atoms with E-state index in [1.807, 2.05) is 19.9 Å². The molecule has 8 nitrogen and oxygen atoms in total. The first-order chi connectivity index (χ1) is 13.5. The van der Waals surface area contributed by atoms with E-state index >= 15 is 0 Å². The summed E-state index contributed by atoms with van der Waals surface area (Å²) in [6, 6.07) is 8.90. The van der Waals surface area contributed by atoms with Crippen LogP contribution in [0.3, 0.4) is 0 Å². The third-order valence-corrected chi connectivity index (χ3v) is 4.16. The molecule has 0 radical (unpaired) electrons. The minimum atomic E-state index is -0.652. The van der Waals surface area contributed by atoms with Crippen LogP contribution in [0.15, 0.2) is 55.1 Å². The van der Waals surface area contributed by atoms with Gasteiger partial charge in [0.25, 0.3) is 5.89 Å². The number of nitrogens with zero attached hydrogens (tertiary/aromatic N) is 3. The van der Waals surface area contributed by atoms with E-state index in [1.165, 1.54) is 4.57 Å². The highest BCUT2D eigenvalue weighted by molar-refractivity contribution is 5.80. The number of H-pyrrole nitrogens is 1. The van der Waals surface area contributed by atoms with Gasteiger partial charge in [0.1, 0.15) is 5.76 Å². The summed E-state index contributed by atoms with van der Waals surface area (Å²) in [5.74, 6) is 1.60. The normalized spacial score (nSPS) is 11.8. The molecule has 0 aliphatic carbocycles. The van der Waals surface area contributed by atoms with E-state index in [4.69, 9.17) is 8.94 Å². The van der Waals surface area contributed by atoms with Gasteiger partial charge in [-0.15, -0.1) is 0 Å². The SMILES string of the molecule is CC(C)Cn1c(=O)c(=O)[nH]c2cc(-c3noc(/C=C/c4ccco4)n3)ccc21. The van der Waals surface area contributed by atoms with Gasteiger partial charge in [-0.25, -0.2) is 0 Å². The van der Waals surface area contributed by atoms with Crippen molar-refractivity contribution in [2.24, 2.45) is 5.92 Å². The smallest absolute Gasteiger partial charge is 0.316 e. The first-order valence-electron chi connectivity index (χ1n) is 8.84. The van der Waals surface area contributed by atoms with Gasteiger partial charge in [0.2, 0.25) is 5.82 Å². The van der Waals surface area contributed by atoms with Gasteiger partial charge in [-0.2, -0.15) is 4.98 Å². The molecule has 0 atom stereocenters. The summed E-state index contributed by atoms with van der Waals surface area (Å²) in [7, 11) is 0. The Kier molecular flexibility index (Phi) is 4.52. The van der Waals surface area contributed by atoms with Crippen LogP contribution in [0.5, 0.6) is 0 Å². The molecule has 1 aromatic carbocycles. The van der Waals surface area contributed by atoms with Gasteiger partial charge < -0.3 is 18.5 Å². The molecule has 0 aliphatic rings. The average molecular weight is 378 g/mol. The van der Waals surface area contributed by atoms with Crippen molar-refractivity contribution >= 4 is 23.2 Å². The minimum absolute atomic E-state index is 0.225. The van der Waals surface area contributed by atoms with Gasteiger partial charge in [0.15, 0.2) is 0 Å². The van der Waals surface area contributed by atoms with Gasteiger partial charge in [-0.3, -0.25) is 9.59 Å². The number of hydrogen-bond acceptors (Lipinski definition) is 6. The monoisotopic (exact) mass is 378 g/mol. The van der Waals surface area contributed by atoms with Crippen molar-refractivity contribution in [1.82, 2.24) is 19.7 Å². The summed E-state index contributed by atoms with van der Waals surface area (Å²) in [5.41, 5.74) is 0.655. The van der Waals surface area contributed by atoms with Crippen molar-refractivity contribution in [3.63, 3.8) is 0 Å². The summed E-state index contributed by atoms with van der Waals surface area (Å²) < 4.78 is 11.9. The predicted octanol–water partition coefficient (Wildman–Crippen LogP) is 3.16. The predicted molar refractivity (Wildman–Crippen MR) is 105 cm³/mol. The Morgan fingerprint density at radius 2 is 2.07 bits per heavy atom. The molecular weight excluding hydrogens is 360 g/mol. The zero-order valence-electron chi connectivity index (χ0n) is 15.4. The second-order valence-electron chi connectivity index (χ2n) is 6.80. The van der Waals surface area contributed by atoms with Crippen LogP contribution < -0.4 is 11.1 Å². The molecule has 3 aromatic heterocycles. The number of hydrogen-bond donors (Lipinski definition) is 1. The molecule has 28 heavy (non-hydrogen) atoms. The molecule has 8 heteroatoms. The number of fused-ring (bicyclic) bond motifs is 1. The molecule has 142 valence electrons. The molecule has 0 bridgehead atoms. The van der Waals surface area contributed by atoms with Crippen molar-refractivity contribution in [3.05, 3.63) is 69.0 Å². The van der Waals surface area contributed by atoms with E-state index in [-0.39, 0.29) is 5.92 Å². The lowest BCUT2D eigenvalue weighted by atomic mass is 10.1. The van der Waals surface area contributed by atoms with Gasteiger partial charge in [0.05, 0.1) is 17.3 Å². The third-order valence-electron chi connectivity index (χ3n) is 4.16. The van der Waals surface area contributed by atoms with Crippen LogP contribution in [0.25, 0.3) is 34.6 Å². The fraction of sp³-hybridized carbons (Fsp3) is 0.200. The number of aromatic nitrogens is 4. The fourth-order valence-electron chi connectivity index (χ4n) is 2.92. The Morgan fingerprint density at radius 1 is 1.21 bits per heavy atom. The quantitative estimate of drug-likeness (QED) is 0.535. The molecule has 4 rings (SSSR count). The minimum Gasteiger partial charge on any atom is -0.465 e. The number of rotatable bonds is 5. The van der Waals surface area contributed by atoms with Crippen LogP contribution >= 0.6 is 0 Å². The van der Waals surface area contributed by atoms with Gasteiger partial charge >= 0.3 is 11.1 Å². The molecular formula is C20H18N4O4. The second kappa shape index (κ2) is 7.15. The van der Waals surface area contributed by atoms with Crippen LogP contribution in [-0.2, 0) is 6.54 Å². The second-order valence-corrected chi connectivity index (χ2v) is 6.80. The first kappa shape index (κ1) is 17.7. The highest BCUT2D eigenvalue weighted by Crippen LogP contribution is 2.21. The molecule has 0 aliphatic heterocycles. The van der Waals surface area contributed by atoms with Crippen molar-refractivity contribution in [2.75, 3.05) is 0 Å². The van der Waals surface area contributed by atoms with Gasteiger partial charge in [0, 0.05) is 18.2 Å². The van der Waals surface area contributed by atoms with Crippen LogP contribution in [0.1, 0.15) is 25.5 Å². The van der Waals surface area contributed by atoms with Crippen LogP contribution in [0.4, 0.5) is 0 Å². The molecule has 0 spiro atoms. The Hall–Kier alpha value is -3.68. The molecule has 0 saturated carbocycles. The Bertz CT molecular complexity index is 1260. The van der Waals surface area contributed by atoms with Gasteiger partial charge in [-0.05, 0) is 42.3 Å². The van der Waals surface area contributed by atoms with Gasteiger partial charge in [-0.1, -0.05) is 19.0 Å². The maximum absolute atomic E-state index is 12.2. The molecule has 0 fully saturated rings. The first-order valence-corrected chi connectivity index (χ1v) is 8.84. The summed E-state index contributed by atoms with van der Waals surface area (Å²) in [6.45, 7) is 4.44. The van der Waals surface area contributed by atoms with Crippen molar-refractivity contribution < 1.29 is 8.94 Å². The molecule has 3 heterocycles. The number of benzene rings is 1. The topological polar surface area (TPSA) is 107 Å². The van der Waals surface area contributed by atoms with Crippen molar-refractivity contribution in [2.45, 2.75) is 20.4 Å². The molecule has 4 aromatic rings. The summed E-state index contributed by atoms with van der Waals surface area (Å²) in [5, 5.41) is 3.98. The third kappa shape index (κ3) is 3.44. The lowest BCUT2D eigenvalue weighted by Gasteiger charge is -2.12. The maximum atomic E-state index is 12.2. The summed E-state index contributed by atoms with van der Waals surface area (Å²) in [6.07, 6.45) is 4.95. The van der Waals surface area contributed by atoms with E-state index in [0.29, 0.717) is 40.6 Å². The van der Waals surface area contributed by atoms with E-state index < -0.39 is 11.1 Å². The maximum Gasteiger partial charge on any atom is 0.316 e. The van der Waals surface area contributed by atoms with Crippen LogP contribution in [-0.4, -0.2) is 19.7 Å². The lowest BCUT2D eigenvalue weighted by Crippen LogP contribution is -2.37. The zero-order chi connectivity index (χ0) is 19.7. The lowest BCUT2D eigenvalue weighted by molar-refractivity contribution is 0.411. The molecule has 0 amide bonds. The molecule has 0 saturated heterocycles. The highest BCUT2D eigenvalue weighted by atomic mass is 16.5. The van der Waals surface area contributed by atoms with E-state index in [2.05, 4.69) is 15.1 Å². The average Bonchev–Trinajstić information content (AvgIpc) is 3.34. The summed E-state index contributed by atoms with van der Waals surface area (Å²) in [4.78, 5) is 31.2. The number of furan rings is 1. The number of nitrogens with one attached hydrogen (secondary N) is 1. The molecule has 0 unspecified atom stereocenters. The summed E-state index contributed by atoms with van der Waals surface area (Å²) >= 11 is 0. The van der Waals surface area contributed by atoms with E-state index in [0.717, 1.165) is 0 Å².